The third-order valence-electron chi connectivity index (χ3n) is 3.26. The maximum absolute atomic E-state index is 12.3. The molecule has 0 atom stereocenters. The van der Waals surface area contributed by atoms with Gasteiger partial charge in [0.15, 0.2) is 11.8 Å². The summed E-state index contributed by atoms with van der Waals surface area (Å²) in [5, 5.41) is 0.226. The first kappa shape index (κ1) is 15.2. The summed E-state index contributed by atoms with van der Waals surface area (Å²) in [5.74, 6) is -0.549. The van der Waals surface area contributed by atoms with Gasteiger partial charge in [-0.25, -0.2) is 14.8 Å². The topological polar surface area (TPSA) is 52.1 Å². The Morgan fingerprint density at radius 3 is 1.91 bits per heavy atom. The second-order valence-electron chi connectivity index (χ2n) is 4.83. The second-order valence-corrected chi connectivity index (χ2v) is 5.22. The first-order chi connectivity index (χ1) is 11.2. The molecule has 0 saturated carbocycles. The fraction of sp³-hybridized carbons (Fsp3) is 0.0556. The number of rotatable bonds is 4. The Bertz CT molecular complexity index is 738. The van der Waals surface area contributed by atoms with E-state index >= 15 is 0 Å². The molecule has 0 unspecified atom stereocenters. The van der Waals surface area contributed by atoms with Crippen molar-refractivity contribution in [1.82, 2.24) is 9.97 Å². The predicted octanol–water partition coefficient (Wildman–Crippen LogP) is 4.08. The predicted molar refractivity (Wildman–Crippen MR) is 87.2 cm³/mol. The summed E-state index contributed by atoms with van der Waals surface area (Å²) in [6.45, 7) is 0. The number of esters is 1. The maximum atomic E-state index is 12.3. The Morgan fingerprint density at radius 2 is 1.43 bits per heavy atom. The van der Waals surface area contributed by atoms with E-state index in [0.717, 1.165) is 11.1 Å². The molecule has 0 aliphatic rings. The van der Waals surface area contributed by atoms with E-state index < -0.39 is 12.1 Å². The number of carbonyl (C=O) groups excluding carboxylic acids is 1. The van der Waals surface area contributed by atoms with Gasteiger partial charge in [0.25, 0.3) is 0 Å². The van der Waals surface area contributed by atoms with Crippen LogP contribution in [0.15, 0.2) is 73.1 Å². The molecule has 3 rings (SSSR count). The average molecular weight is 325 g/mol. The van der Waals surface area contributed by atoms with Crippen LogP contribution in [-0.4, -0.2) is 15.9 Å². The first-order valence-electron chi connectivity index (χ1n) is 7.02. The number of benzene rings is 2. The van der Waals surface area contributed by atoms with E-state index in [1.165, 1.54) is 12.4 Å². The molecule has 1 aromatic heterocycles. The zero-order chi connectivity index (χ0) is 16.1. The molecule has 23 heavy (non-hydrogen) atoms. The monoisotopic (exact) mass is 324 g/mol. The van der Waals surface area contributed by atoms with E-state index in [1.807, 2.05) is 60.7 Å². The Balaban J connectivity index is 1.90. The van der Waals surface area contributed by atoms with Gasteiger partial charge in [-0.3, -0.25) is 0 Å². The highest BCUT2D eigenvalue weighted by atomic mass is 35.5. The van der Waals surface area contributed by atoms with Gasteiger partial charge in [-0.15, -0.1) is 0 Å². The minimum Gasteiger partial charge on any atom is -0.448 e. The van der Waals surface area contributed by atoms with Crippen molar-refractivity contribution in [2.45, 2.75) is 6.10 Å². The van der Waals surface area contributed by atoms with Gasteiger partial charge in [0.1, 0.15) is 5.15 Å². The van der Waals surface area contributed by atoms with Gasteiger partial charge in [-0.1, -0.05) is 72.3 Å². The molecule has 3 aromatic rings. The Hall–Kier alpha value is -2.72. The van der Waals surface area contributed by atoms with Crippen LogP contribution < -0.4 is 0 Å². The number of nitrogens with zero attached hydrogens (tertiary/aromatic N) is 2. The molecular formula is C18H13ClN2O2. The molecule has 0 aliphatic carbocycles. The molecular weight excluding hydrogens is 312 g/mol. The van der Waals surface area contributed by atoms with Crippen LogP contribution >= 0.6 is 11.6 Å². The van der Waals surface area contributed by atoms with Gasteiger partial charge < -0.3 is 4.74 Å². The number of hydrogen-bond acceptors (Lipinski definition) is 4. The van der Waals surface area contributed by atoms with Crippen molar-refractivity contribution in [2.75, 3.05) is 0 Å². The quantitative estimate of drug-likeness (QED) is 0.679. The van der Waals surface area contributed by atoms with Crippen molar-refractivity contribution < 1.29 is 9.53 Å². The maximum Gasteiger partial charge on any atom is 0.359 e. The normalized spacial score (nSPS) is 10.5. The average Bonchev–Trinajstić information content (AvgIpc) is 2.61. The van der Waals surface area contributed by atoms with Crippen molar-refractivity contribution in [1.29, 1.82) is 0 Å². The third kappa shape index (κ3) is 3.73. The lowest BCUT2D eigenvalue weighted by Gasteiger charge is -2.18. The first-order valence-corrected chi connectivity index (χ1v) is 7.40. The van der Waals surface area contributed by atoms with E-state index in [9.17, 15) is 4.79 Å². The summed E-state index contributed by atoms with van der Waals surface area (Å²) in [6, 6.07) is 19.1. The molecule has 0 radical (unpaired) electrons. The lowest BCUT2D eigenvalue weighted by molar-refractivity contribution is 0.0370. The molecule has 4 nitrogen and oxygen atoms in total. The van der Waals surface area contributed by atoms with Crippen molar-refractivity contribution in [2.24, 2.45) is 0 Å². The highest BCUT2D eigenvalue weighted by Crippen LogP contribution is 2.26. The van der Waals surface area contributed by atoms with Crippen LogP contribution in [0.4, 0.5) is 0 Å². The van der Waals surface area contributed by atoms with Crippen LogP contribution in [0.3, 0.4) is 0 Å². The minimum atomic E-state index is -0.549. The Labute approximate surface area is 138 Å². The van der Waals surface area contributed by atoms with Crippen molar-refractivity contribution in [3.63, 3.8) is 0 Å². The van der Waals surface area contributed by atoms with Crippen LogP contribution in [0, 0.1) is 0 Å². The smallest absolute Gasteiger partial charge is 0.359 e. The number of hydrogen-bond donors (Lipinski definition) is 0. The fourth-order valence-corrected chi connectivity index (χ4v) is 2.27. The van der Waals surface area contributed by atoms with E-state index in [-0.39, 0.29) is 10.8 Å². The van der Waals surface area contributed by atoms with Crippen molar-refractivity contribution in [3.05, 3.63) is 95.0 Å². The Morgan fingerprint density at radius 1 is 0.870 bits per heavy atom. The molecule has 0 bridgehead atoms. The van der Waals surface area contributed by atoms with E-state index in [2.05, 4.69) is 9.97 Å². The number of ether oxygens (including phenoxy) is 1. The van der Waals surface area contributed by atoms with Crippen LogP contribution in [0.1, 0.15) is 27.7 Å². The fourth-order valence-electron chi connectivity index (χ4n) is 2.17. The third-order valence-corrected chi connectivity index (χ3v) is 3.45. The summed E-state index contributed by atoms with van der Waals surface area (Å²) in [6.07, 6.45) is 2.11. The van der Waals surface area contributed by atoms with Crippen molar-refractivity contribution >= 4 is 17.6 Å². The molecule has 114 valence electrons. The zero-order valence-corrected chi connectivity index (χ0v) is 12.9. The number of halogens is 1. The van der Waals surface area contributed by atoms with Gasteiger partial charge in [0.05, 0.1) is 12.4 Å². The van der Waals surface area contributed by atoms with Crippen LogP contribution in [0.25, 0.3) is 0 Å². The van der Waals surface area contributed by atoms with Crippen LogP contribution in [-0.2, 0) is 4.74 Å². The molecule has 1 heterocycles. The Kier molecular flexibility index (Phi) is 4.64. The molecule has 0 amide bonds. The van der Waals surface area contributed by atoms with Gasteiger partial charge in [-0.05, 0) is 11.1 Å². The number of aromatic nitrogens is 2. The molecule has 0 N–H and O–H groups in total. The zero-order valence-electron chi connectivity index (χ0n) is 12.1. The van der Waals surface area contributed by atoms with Gasteiger partial charge in [-0.2, -0.15) is 0 Å². The summed E-state index contributed by atoms with van der Waals surface area (Å²) in [7, 11) is 0. The van der Waals surface area contributed by atoms with Gasteiger partial charge >= 0.3 is 5.97 Å². The highest BCUT2D eigenvalue weighted by Gasteiger charge is 2.20. The minimum absolute atomic E-state index is 0.117. The molecule has 0 spiro atoms. The van der Waals surface area contributed by atoms with Crippen LogP contribution in [0.2, 0.25) is 5.15 Å². The van der Waals surface area contributed by atoms with Gasteiger partial charge in [0, 0.05) is 0 Å². The highest BCUT2D eigenvalue weighted by molar-refractivity contribution is 6.29. The van der Waals surface area contributed by atoms with Gasteiger partial charge in [0.2, 0.25) is 0 Å². The molecule has 5 heteroatoms. The number of carbonyl (C=O) groups is 1. The summed E-state index contributed by atoms with van der Waals surface area (Å²) >= 11 is 5.69. The van der Waals surface area contributed by atoms with Crippen molar-refractivity contribution in [3.8, 4) is 0 Å². The van der Waals surface area contributed by atoms with E-state index in [1.54, 1.807) is 0 Å². The SMILES string of the molecule is O=C(OC(c1ccccc1)c1ccccc1)c1cnc(Cl)cn1. The largest absolute Gasteiger partial charge is 0.448 e. The summed E-state index contributed by atoms with van der Waals surface area (Å²) < 4.78 is 5.66. The van der Waals surface area contributed by atoms with E-state index in [4.69, 9.17) is 16.3 Å². The standard InChI is InChI=1S/C18H13ClN2O2/c19-16-12-20-15(11-21-16)18(22)23-17(13-7-3-1-4-8-13)14-9-5-2-6-10-14/h1-12,17H. The summed E-state index contributed by atoms with van der Waals surface area (Å²) in [4.78, 5) is 20.1. The molecule has 0 fully saturated rings. The van der Waals surface area contributed by atoms with E-state index in [0.29, 0.717) is 0 Å². The lowest BCUT2D eigenvalue weighted by Crippen LogP contribution is -2.14. The summed E-state index contributed by atoms with van der Waals surface area (Å²) in [5.41, 5.74) is 1.88. The lowest BCUT2D eigenvalue weighted by atomic mass is 10.0. The molecule has 0 saturated heterocycles. The molecule has 0 aliphatic heterocycles. The second kappa shape index (κ2) is 7.03. The molecule has 2 aromatic carbocycles. The van der Waals surface area contributed by atoms with Crippen LogP contribution in [0.5, 0.6) is 0 Å².